The van der Waals surface area contributed by atoms with Crippen molar-refractivity contribution in [2.75, 3.05) is 0 Å². The molecule has 0 saturated carbocycles. The first-order valence-electron chi connectivity index (χ1n) is 2.89. The van der Waals surface area contributed by atoms with Crippen molar-refractivity contribution in [3.63, 3.8) is 0 Å². The van der Waals surface area contributed by atoms with Crippen molar-refractivity contribution in [1.82, 2.24) is 4.98 Å². The van der Waals surface area contributed by atoms with Gasteiger partial charge in [-0.05, 0) is 22.0 Å². The average molecular weight is 173 g/mol. The molecule has 1 aromatic rings. The third-order valence-corrected chi connectivity index (χ3v) is 1.43. The minimum atomic E-state index is -0.602. The summed E-state index contributed by atoms with van der Waals surface area (Å²) in [4.78, 5) is 13.3. The van der Waals surface area contributed by atoms with Gasteiger partial charge < -0.3 is 10.1 Å². The monoisotopic (exact) mass is 172 g/mol. The predicted octanol–water partition coefficient (Wildman–Crippen LogP) is 1.95. The molecule has 0 bridgehead atoms. The number of hydrogen-bond donors (Lipinski definition) is 0. The summed E-state index contributed by atoms with van der Waals surface area (Å²) in [6.45, 7) is 1.67. The lowest BCUT2D eigenvalue weighted by Gasteiger charge is -1.93. The van der Waals surface area contributed by atoms with E-state index in [4.69, 9.17) is 11.6 Å². The van der Waals surface area contributed by atoms with E-state index < -0.39 is 4.92 Å². The standard InChI is InChI=1S/C6H5ClN2O2/c1-4-2-3-5(7)6(8-4)9(10)11/h2-3H,1H3. The molecule has 0 fully saturated rings. The van der Waals surface area contributed by atoms with Gasteiger partial charge in [-0.3, -0.25) is 0 Å². The highest BCUT2D eigenvalue weighted by Crippen LogP contribution is 2.20. The summed E-state index contributed by atoms with van der Waals surface area (Å²) in [5.41, 5.74) is 0.584. The molecule has 5 heteroatoms. The second kappa shape index (κ2) is 2.84. The number of rotatable bonds is 1. The Balaban J connectivity index is 3.23. The molecule has 11 heavy (non-hydrogen) atoms. The van der Waals surface area contributed by atoms with E-state index in [1.54, 1.807) is 13.0 Å². The molecule has 0 aliphatic rings. The fourth-order valence-electron chi connectivity index (χ4n) is 0.654. The van der Waals surface area contributed by atoms with Gasteiger partial charge in [0.1, 0.15) is 10.7 Å². The highest BCUT2D eigenvalue weighted by atomic mass is 35.5. The number of hydrogen-bond acceptors (Lipinski definition) is 3. The van der Waals surface area contributed by atoms with Crippen LogP contribution in [-0.2, 0) is 0 Å². The van der Waals surface area contributed by atoms with E-state index in [-0.39, 0.29) is 10.8 Å². The van der Waals surface area contributed by atoms with Crippen LogP contribution in [0.2, 0.25) is 5.02 Å². The molecule has 0 radical (unpaired) electrons. The summed E-state index contributed by atoms with van der Waals surface area (Å²) >= 11 is 5.49. The van der Waals surface area contributed by atoms with Crippen molar-refractivity contribution in [3.8, 4) is 0 Å². The maximum atomic E-state index is 10.2. The Morgan fingerprint density at radius 3 is 2.73 bits per heavy atom. The van der Waals surface area contributed by atoms with Crippen LogP contribution < -0.4 is 0 Å². The number of aryl methyl sites for hydroxylation is 1. The fraction of sp³-hybridized carbons (Fsp3) is 0.167. The van der Waals surface area contributed by atoms with Crippen molar-refractivity contribution in [2.45, 2.75) is 6.92 Å². The number of nitrogens with zero attached hydrogens (tertiary/aromatic N) is 2. The lowest BCUT2D eigenvalue weighted by Crippen LogP contribution is -1.94. The maximum absolute atomic E-state index is 10.2. The SMILES string of the molecule is Cc1ccc(Cl)c([N+](=O)[O-])n1. The molecule has 0 unspecified atom stereocenters. The van der Waals surface area contributed by atoms with Crippen LogP contribution in [0.3, 0.4) is 0 Å². The number of pyridine rings is 1. The lowest BCUT2D eigenvalue weighted by molar-refractivity contribution is -0.389. The van der Waals surface area contributed by atoms with Crippen LogP contribution >= 0.6 is 11.6 Å². The average Bonchev–Trinajstić information content (AvgIpc) is 1.94. The molecule has 4 nitrogen and oxygen atoms in total. The zero-order valence-corrected chi connectivity index (χ0v) is 6.50. The third-order valence-electron chi connectivity index (χ3n) is 1.14. The van der Waals surface area contributed by atoms with Crippen molar-refractivity contribution in [1.29, 1.82) is 0 Å². The Bertz CT molecular complexity index is 301. The lowest BCUT2D eigenvalue weighted by atomic mass is 10.4. The van der Waals surface area contributed by atoms with E-state index in [1.165, 1.54) is 6.07 Å². The first kappa shape index (κ1) is 7.94. The van der Waals surface area contributed by atoms with Gasteiger partial charge in [0.2, 0.25) is 0 Å². The molecular weight excluding hydrogens is 168 g/mol. The minimum Gasteiger partial charge on any atom is -0.358 e. The first-order valence-corrected chi connectivity index (χ1v) is 3.26. The van der Waals surface area contributed by atoms with Crippen molar-refractivity contribution in [3.05, 3.63) is 33.0 Å². The van der Waals surface area contributed by atoms with Gasteiger partial charge in [-0.1, -0.05) is 11.6 Å². The zero-order chi connectivity index (χ0) is 8.43. The molecule has 0 aliphatic carbocycles. The van der Waals surface area contributed by atoms with E-state index in [1.807, 2.05) is 0 Å². The van der Waals surface area contributed by atoms with Crippen LogP contribution in [0.1, 0.15) is 5.69 Å². The van der Waals surface area contributed by atoms with Crippen molar-refractivity contribution in [2.24, 2.45) is 0 Å². The van der Waals surface area contributed by atoms with E-state index in [0.717, 1.165) is 0 Å². The smallest absolute Gasteiger partial charge is 0.358 e. The van der Waals surface area contributed by atoms with Crippen LogP contribution in [0, 0.1) is 17.0 Å². The molecule has 0 aromatic carbocycles. The Labute approximate surface area is 68.0 Å². The number of aromatic nitrogens is 1. The molecule has 1 rings (SSSR count). The Morgan fingerprint density at radius 2 is 2.27 bits per heavy atom. The van der Waals surface area contributed by atoms with Crippen LogP contribution in [0.5, 0.6) is 0 Å². The van der Waals surface area contributed by atoms with Crippen LogP contribution in [0.15, 0.2) is 12.1 Å². The second-order valence-electron chi connectivity index (χ2n) is 2.02. The van der Waals surface area contributed by atoms with Gasteiger partial charge in [0, 0.05) is 6.92 Å². The van der Waals surface area contributed by atoms with Crippen LogP contribution in [-0.4, -0.2) is 9.91 Å². The summed E-state index contributed by atoms with van der Waals surface area (Å²) < 4.78 is 0. The van der Waals surface area contributed by atoms with Crippen LogP contribution in [0.25, 0.3) is 0 Å². The molecule has 0 atom stereocenters. The number of halogens is 1. The molecule has 58 valence electrons. The van der Waals surface area contributed by atoms with E-state index >= 15 is 0 Å². The van der Waals surface area contributed by atoms with Gasteiger partial charge in [0.15, 0.2) is 0 Å². The molecule has 0 N–H and O–H groups in total. The van der Waals surface area contributed by atoms with Crippen LogP contribution in [0.4, 0.5) is 5.82 Å². The summed E-state index contributed by atoms with van der Waals surface area (Å²) in [6.07, 6.45) is 0. The summed E-state index contributed by atoms with van der Waals surface area (Å²) in [5.74, 6) is -0.285. The second-order valence-corrected chi connectivity index (χ2v) is 2.42. The number of nitro groups is 1. The molecule has 1 heterocycles. The summed E-state index contributed by atoms with van der Waals surface area (Å²) in [6, 6.07) is 3.08. The molecule has 1 aromatic heterocycles. The topological polar surface area (TPSA) is 56.0 Å². The highest BCUT2D eigenvalue weighted by Gasteiger charge is 2.12. The Kier molecular flexibility index (Phi) is 2.05. The van der Waals surface area contributed by atoms with E-state index in [2.05, 4.69) is 4.98 Å². The van der Waals surface area contributed by atoms with Gasteiger partial charge in [0.05, 0.1) is 0 Å². The minimum absolute atomic E-state index is 0.0700. The Hall–Kier alpha value is -1.16. The van der Waals surface area contributed by atoms with Gasteiger partial charge in [-0.2, -0.15) is 0 Å². The molecule has 0 spiro atoms. The molecule has 0 amide bonds. The predicted molar refractivity (Wildman–Crippen MR) is 40.6 cm³/mol. The highest BCUT2D eigenvalue weighted by molar-refractivity contribution is 6.32. The largest absolute Gasteiger partial charge is 0.382 e. The maximum Gasteiger partial charge on any atom is 0.382 e. The molecular formula is C6H5ClN2O2. The fourth-order valence-corrected chi connectivity index (χ4v) is 0.828. The van der Waals surface area contributed by atoms with Gasteiger partial charge in [-0.25, -0.2) is 0 Å². The first-order chi connectivity index (χ1) is 5.11. The summed E-state index contributed by atoms with van der Waals surface area (Å²) in [5, 5.41) is 10.3. The normalized spacial score (nSPS) is 9.64. The van der Waals surface area contributed by atoms with E-state index in [0.29, 0.717) is 5.69 Å². The molecule has 0 saturated heterocycles. The van der Waals surface area contributed by atoms with Gasteiger partial charge in [-0.15, -0.1) is 0 Å². The Morgan fingerprint density at radius 1 is 1.64 bits per heavy atom. The van der Waals surface area contributed by atoms with Gasteiger partial charge >= 0.3 is 5.82 Å². The quantitative estimate of drug-likeness (QED) is 0.481. The van der Waals surface area contributed by atoms with E-state index in [9.17, 15) is 10.1 Å². The third kappa shape index (κ3) is 1.65. The summed E-state index contributed by atoms with van der Waals surface area (Å²) in [7, 11) is 0. The zero-order valence-electron chi connectivity index (χ0n) is 5.74. The van der Waals surface area contributed by atoms with Crippen molar-refractivity contribution >= 4 is 17.4 Å². The van der Waals surface area contributed by atoms with Crippen molar-refractivity contribution < 1.29 is 4.92 Å². The molecule has 0 aliphatic heterocycles. The van der Waals surface area contributed by atoms with Gasteiger partial charge in [0.25, 0.3) is 0 Å².